The van der Waals surface area contributed by atoms with Gasteiger partial charge in [0.15, 0.2) is 5.13 Å². The summed E-state index contributed by atoms with van der Waals surface area (Å²) in [5.41, 5.74) is 0.798. The summed E-state index contributed by atoms with van der Waals surface area (Å²) in [6.45, 7) is 2.12. The standard InChI is InChI=1S/C15H16N2O5S/c1-8-4-12(22-3)11(14(19)20)5-10(8)13(18)17-15-16-6-9(23-15)7-21-2/h4-6H,7H2,1-3H3,(H,19,20)(H,16,17,18). The molecule has 1 aromatic carbocycles. The number of nitrogens with zero attached hydrogens (tertiary/aromatic N) is 1. The number of anilines is 1. The summed E-state index contributed by atoms with van der Waals surface area (Å²) in [7, 11) is 2.96. The van der Waals surface area contributed by atoms with E-state index in [2.05, 4.69) is 10.3 Å². The molecule has 0 aliphatic heterocycles. The Morgan fingerprint density at radius 2 is 2.04 bits per heavy atom. The summed E-state index contributed by atoms with van der Waals surface area (Å²) in [4.78, 5) is 28.6. The highest BCUT2D eigenvalue weighted by Gasteiger charge is 2.18. The van der Waals surface area contributed by atoms with Crippen LogP contribution in [0.25, 0.3) is 0 Å². The molecule has 1 heterocycles. The number of rotatable bonds is 6. The van der Waals surface area contributed by atoms with Crippen molar-refractivity contribution in [1.29, 1.82) is 0 Å². The fourth-order valence-electron chi connectivity index (χ4n) is 2.00. The number of aromatic carboxylic acids is 1. The second kappa shape index (κ2) is 7.21. The maximum absolute atomic E-state index is 12.4. The number of hydrogen-bond acceptors (Lipinski definition) is 6. The molecule has 2 rings (SSSR count). The second-order valence-electron chi connectivity index (χ2n) is 4.69. The van der Waals surface area contributed by atoms with Gasteiger partial charge in [-0.15, -0.1) is 0 Å². The molecule has 2 aromatic rings. The first-order valence-electron chi connectivity index (χ1n) is 6.63. The van der Waals surface area contributed by atoms with E-state index in [9.17, 15) is 14.7 Å². The Hall–Kier alpha value is -2.45. The highest BCUT2D eigenvalue weighted by Crippen LogP contribution is 2.25. The maximum Gasteiger partial charge on any atom is 0.339 e. The Morgan fingerprint density at radius 1 is 1.30 bits per heavy atom. The molecule has 0 aliphatic carbocycles. The minimum absolute atomic E-state index is 0.0672. The van der Waals surface area contributed by atoms with Gasteiger partial charge >= 0.3 is 5.97 Å². The normalized spacial score (nSPS) is 10.4. The number of methoxy groups -OCH3 is 2. The van der Waals surface area contributed by atoms with Gasteiger partial charge in [0.05, 0.1) is 18.6 Å². The highest BCUT2D eigenvalue weighted by atomic mass is 32.1. The number of amides is 1. The molecule has 0 fully saturated rings. The van der Waals surface area contributed by atoms with Crippen molar-refractivity contribution in [2.45, 2.75) is 13.5 Å². The number of ether oxygens (including phenoxy) is 2. The Kier molecular flexibility index (Phi) is 5.30. The Balaban J connectivity index is 2.27. The van der Waals surface area contributed by atoms with E-state index in [0.29, 0.717) is 17.3 Å². The van der Waals surface area contributed by atoms with Gasteiger partial charge < -0.3 is 14.6 Å². The van der Waals surface area contributed by atoms with Crippen LogP contribution in [0.5, 0.6) is 5.75 Å². The smallest absolute Gasteiger partial charge is 0.339 e. The van der Waals surface area contributed by atoms with Crippen molar-refractivity contribution in [2.24, 2.45) is 0 Å². The molecule has 1 amide bonds. The quantitative estimate of drug-likeness (QED) is 0.841. The summed E-state index contributed by atoms with van der Waals surface area (Å²) < 4.78 is 10.0. The maximum atomic E-state index is 12.4. The molecule has 2 N–H and O–H groups in total. The number of carboxylic acids is 1. The largest absolute Gasteiger partial charge is 0.496 e. The Labute approximate surface area is 136 Å². The molecule has 122 valence electrons. The van der Waals surface area contributed by atoms with Crippen molar-refractivity contribution in [1.82, 2.24) is 4.98 Å². The molecule has 23 heavy (non-hydrogen) atoms. The molecular formula is C15H16N2O5S. The molecule has 7 nitrogen and oxygen atoms in total. The summed E-state index contributed by atoms with van der Waals surface area (Å²) in [5.74, 6) is -1.37. The summed E-state index contributed by atoms with van der Waals surface area (Å²) in [6, 6.07) is 2.83. The monoisotopic (exact) mass is 336 g/mol. The van der Waals surface area contributed by atoms with Crippen LogP contribution in [-0.2, 0) is 11.3 Å². The van der Waals surface area contributed by atoms with Crippen LogP contribution in [0.3, 0.4) is 0 Å². The first kappa shape index (κ1) is 16.9. The number of benzene rings is 1. The lowest BCUT2D eigenvalue weighted by atomic mass is 10.0. The molecule has 0 bridgehead atoms. The van der Waals surface area contributed by atoms with Crippen molar-refractivity contribution >= 4 is 28.3 Å². The van der Waals surface area contributed by atoms with Gasteiger partial charge in [-0.05, 0) is 24.6 Å². The zero-order valence-electron chi connectivity index (χ0n) is 12.9. The van der Waals surface area contributed by atoms with E-state index < -0.39 is 11.9 Å². The van der Waals surface area contributed by atoms with Crippen LogP contribution in [-0.4, -0.2) is 36.2 Å². The van der Waals surface area contributed by atoms with Crippen molar-refractivity contribution in [2.75, 3.05) is 19.5 Å². The molecule has 0 saturated heterocycles. The number of carboxylic acid groups (broad SMARTS) is 1. The molecule has 0 spiro atoms. The first-order chi connectivity index (χ1) is 11.0. The zero-order chi connectivity index (χ0) is 17.0. The lowest BCUT2D eigenvalue weighted by molar-refractivity contribution is 0.0693. The first-order valence-corrected chi connectivity index (χ1v) is 7.44. The molecule has 0 radical (unpaired) electrons. The summed E-state index contributed by atoms with van der Waals surface area (Å²) in [5, 5.41) is 12.3. The van der Waals surface area contributed by atoms with Gasteiger partial charge in [-0.2, -0.15) is 0 Å². The average Bonchev–Trinajstić information content (AvgIpc) is 2.93. The molecule has 0 atom stereocenters. The second-order valence-corrected chi connectivity index (χ2v) is 5.81. The lowest BCUT2D eigenvalue weighted by Gasteiger charge is -2.10. The molecule has 0 saturated carbocycles. The number of carbonyl (C=O) groups excluding carboxylic acids is 1. The van der Waals surface area contributed by atoms with Crippen molar-refractivity contribution in [3.63, 3.8) is 0 Å². The average molecular weight is 336 g/mol. The van der Waals surface area contributed by atoms with E-state index in [1.165, 1.54) is 30.6 Å². The van der Waals surface area contributed by atoms with Gasteiger partial charge in [0, 0.05) is 18.9 Å². The van der Waals surface area contributed by atoms with E-state index in [1.54, 1.807) is 20.2 Å². The van der Waals surface area contributed by atoms with Gasteiger partial charge in [-0.25, -0.2) is 9.78 Å². The fraction of sp³-hybridized carbons (Fsp3) is 0.267. The Morgan fingerprint density at radius 3 is 2.65 bits per heavy atom. The van der Waals surface area contributed by atoms with Gasteiger partial charge in [-0.1, -0.05) is 11.3 Å². The minimum Gasteiger partial charge on any atom is -0.496 e. The van der Waals surface area contributed by atoms with E-state index in [1.807, 2.05) is 0 Å². The lowest BCUT2D eigenvalue weighted by Crippen LogP contribution is -2.15. The van der Waals surface area contributed by atoms with Crippen molar-refractivity contribution in [3.8, 4) is 5.75 Å². The van der Waals surface area contributed by atoms with Crippen LogP contribution in [0.1, 0.15) is 31.2 Å². The highest BCUT2D eigenvalue weighted by molar-refractivity contribution is 7.15. The van der Waals surface area contributed by atoms with Gasteiger partial charge in [-0.3, -0.25) is 10.1 Å². The third-order valence-corrected chi connectivity index (χ3v) is 3.97. The molecule has 8 heteroatoms. The molecule has 0 unspecified atom stereocenters. The number of carbonyl (C=O) groups is 2. The van der Waals surface area contributed by atoms with Crippen molar-refractivity contribution < 1.29 is 24.2 Å². The van der Waals surface area contributed by atoms with Crippen LogP contribution in [0.4, 0.5) is 5.13 Å². The van der Waals surface area contributed by atoms with Gasteiger partial charge in [0.25, 0.3) is 5.91 Å². The Bertz CT molecular complexity index is 741. The number of aromatic nitrogens is 1. The van der Waals surface area contributed by atoms with Crippen LogP contribution in [0.2, 0.25) is 0 Å². The summed E-state index contributed by atoms with van der Waals surface area (Å²) >= 11 is 1.30. The third kappa shape index (κ3) is 3.85. The van der Waals surface area contributed by atoms with Crippen LogP contribution in [0.15, 0.2) is 18.3 Å². The van der Waals surface area contributed by atoms with Crippen LogP contribution >= 0.6 is 11.3 Å². The SMILES string of the molecule is COCc1cnc(NC(=O)c2cc(C(=O)O)c(OC)cc2C)s1. The number of hydrogen-bond donors (Lipinski definition) is 2. The summed E-state index contributed by atoms with van der Waals surface area (Å²) in [6.07, 6.45) is 1.62. The van der Waals surface area contributed by atoms with Crippen LogP contribution < -0.4 is 10.1 Å². The molecular weight excluding hydrogens is 320 g/mol. The molecule has 1 aromatic heterocycles. The predicted molar refractivity (Wildman–Crippen MR) is 85.5 cm³/mol. The number of nitrogens with one attached hydrogen (secondary N) is 1. The fourth-order valence-corrected chi connectivity index (χ4v) is 2.78. The predicted octanol–water partition coefficient (Wildman–Crippen LogP) is 2.56. The van der Waals surface area contributed by atoms with Gasteiger partial charge in [0.2, 0.25) is 0 Å². The van der Waals surface area contributed by atoms with E-state index in [-0.39, 0.29) is 16.9 Å². The molecule has 0 aliphatic rings. The third-order valence-electron chi connectivity index (χ3n) is 3.08. The van der Waals surface area contributed by atoms with E-state index in [0.717, 1.165) is 4.88 Å². The van der Waals surface area contributed by atoms with Crippen LogP contribution in [0, 0.1) is 6.92 Å². The van der Waals surface area contributed by atoms with Gasteiger partial charge in [0.1, 0.15) is 11.3 Å². The number of thiazole rings is 1. The van der Waals surface area contributed by atoms with E-state index in [4.69, 9.17) is 9.47 Å². The zero-order valence-corrected chi connectivity index (χ0v) is 13.7. The van der Waals surface area contributed by atoms with Crippen molar-refractivity contribution in [3.05, 3.63) is 39.9 Å². The van der Waals surface area contributed by atoms with E-state index >= 15 is 0 Å². The topological polar surface area (TPSA) is 97.8 Å². The minimum atomic E-state index is -1.16. The number of aryl methyl sites for hydroxylation is 1.